The van der Waals surface area contributed by atoms with Crippen LogP contribution < -0.4 is 10.1 Å². The maximum Gasteiger partial charge on any atom is 0.411 e. The Bertz CT molecular complexity index is 1190. The maximum atomic E-state index is 13.3. The van der Waals surface area contributed by atoms with Gasteiger partial charge in [0.15, 0.2) is 6.10 Å². The predicted octanol–water partition coefficient (Wildman–Crippen LogP) is 5.62. The Morgan fingerprint density at radius 1 is 1.06 bits per heavy atom. The van der Waals surface area contributed by atoms with Crippen LogP contribution in [0.25, 0.3) is 0 Å². The number of benzene rings is 3. The minimum Gasteiger partial charge on any atom is -0.481 e. The summed E-state index contributed by atoms with van der Waals surface area (Å²) in [6.07, 6.45) is 1.90. The molecule has 0 bridgehead atoms. The zero-order chi connectivity index (χ0) is 23.5. The van der Waals surface area contributed by atoms with Gasteiger partial charge in [-0.3, -0.25) is 10.1 Å². The molecule has 2 atom stereocenters. The number of aryl methyl sites for hydroxylation is 1. The second-order valence-corrected chi connectivity index (χ2v) is 8.84. The van der Waals surface area contributed by atoms with Crippen molar-refractivity contribution in [3.05, 3.63) is 95.1 Å². The van der Waals surface area contributed by atoms with Gasteiger partial charge in [0.1, 0.15) is 12.4 Å². The van der Waals surface area contributed by atoms with Gasteiger partial charge in [-0.1, -0.05) is 54.6 Å². The first-order valence-electron chi connectivity index (χ1n) is 11.7. The van der Waals surface area contributed by atoms with E-state index in [0.717, 1.165) is 30.4 Å². The summed E-state index contributed by atoms with van der Waals surface area (Å²) in [7, 11) is 0. The SMILES string of the molecule is CC1Oc2ccc(NC(=O)OCc3ccccc3)cc2CN(C2CCCc3ccccc32)C1=O. The average Bonchev–Trinajstić information content (AvgIpc) is 2.99. The van der Waals surface area contributed by atoms with Crippen LogP contribution in [0.3, 0.4) is 0 Å². The number of carbonyl (C=O) groups is 2. The molecule has 0 saturated carbocycles. The Morgan fingerprint density at radius 2 is 1.85 bits per heavy atom. The smallest absolute Gasteiger partial charge is 0.411 e. The van der Waals surface area contributed by atoms with Crippen molar-refractivity contribution in [1.82, 2.24) is 4.90 Å². The summed E-state index contributed by atoms with van der Waals surface area (Å²) in [6.45, 7) is 2.42. The van der Waals surface area contributed by atoms with Crippen LogP contribution in [0.1, 0.15) is 48.1 Å². The fourth-order valence-corrected chi connectivity index (χ4v) is 4.82. The Kier molecular flexibility index (Phi) is 6.21. The Hall–Kier alpha value is -3.80. The molecule has 3 aromatic rings. The van der Waals surface area contributed by atoms with E-state index in [4.69, 9.17) is 9.47 Å². The Balaban J connectivity index is 1.35. The number of amides is 2. The minimum atomic E-state index is -0.579. The van der Waals surface area contributed by atoms with Crippen molar-refractivity contribution in [2.45, 2.75) is 51.5 Å². The molecule has 6 nitrogen and oxygen atoms in total. The van der Waals surface area contributed by atoms with Gasteiger partial charge in [0.25, 0.3) is 5.91 Å². The highest BCUT2D eigenvalue weighted by molar-refractivity contribution is 5.85. The summed E-state index contributed by atoms with van der Waals surface area (Å²) >= 11 is 0. The van der Waals surface area contributed by atoms with Crippen LogP contribution in [0.4, 0.5) is 10.5 Å². The number of nitrogens with one attached hydrogen (secondary N) is 1. The zero-order valence-electron chi connectivity index (χ0n) is 19.2. The van der Waals surface area contributed by atoms with Gasteiger partial charge >= 0.3 is 6.09 Å². The van der Waals surface area contributed by atoms with E-state index in [1.54, 1.807) is 13.0 Å². The van der Waals surface area contributed by atoms with Crippen LogP contribution in [0.2, 0.25) is 0 Å². The molecule has 3 aromatic carbocycles. The quantitative estimate of drug-likeness (QED) is 0.553. The number of hydrogen-bond donors (Lipinski definition) is 1. The highest BCUT2D eigenvalue weighted by Gasteiger charge is 2.35. The van der Waals surface area contributed by atoms with Crippen molar-refractivity contribution < 1.29 is 19.1 Å². The lowest BCUT2D eigenvalue weighted by molar-refractivity contribution is -0.140. The highest BCUT2D eigenvalue weighted by Crippen LogP contribution is 2.38. The lowest BCUT2D eigenvalue weighted by Crippen LogP contribution is -2.41. The molecule has 0 fully saturated rings. The molecular formula is C28H28N2O4. The van der Waals surface area contributed by atoms with Crippen LogP contribution in [0.15, 0.2) is 72.8 Å². The summed E-state index contributed by atoms with van der Waals surface area (Å²) in [4.78, 5) is 27.6. The lowest BCUT2D eigenvalue weighted by Gasteiger charge is -2.35. The molecule has 174 valence electrons. The Labute approximate surface area is 199 Å². The van der Waals surface area contributed by atoms with E-state index in [-0.39, 0.29) is 18.6 Å². The number of anilines is 1. The molecule has 0 aromatic heterocycles. The maximum absolute atomic E-state index is 13.3. The van der Waals surface area contributed by atoms with Crippen molar-refractivity contribution in [3.63, 3.8) is 0 Å². The van der Waals surface area contributed by atoms with Gasteiger partial charge in [0.2, 0.25) is 0 Å². The van der Waals surface area contributed by atoms with Crippen LogP contribution in [0, 0.1) is 0 Å². The lowest BCUT2D eigenvalue weighted by atomic mass is 9.86. The number of rotatable bonds is 4. The standard InChI is InChI=1S/C28H28N2O4/c1-19-27(31)30(25-13-7-11-21-10-5-6-12-24(21)25)17-22-16-23(14-15-26(22)34-19)29-28(32)33-18-20-8-3-2-4-9-20/h2-6,8-10,12,14-16,19,25H,7,11,13,17-18H2,1H3,(H,29,32). The van der Waals surface area contributed by atoms with Gasteiger partial charge in [0.05, 0.1) is 12.6 Å². The summed E-state index contributed by atoms with van der Waals surface area (Å²) in [5, 5.41) is 2.79. The van der Waals surface area contributed by atoms with Gasteiger partial charge in [-0.25, -0.2) is 4.79 Å². The average molecular weight is 457 g/mol. The Morgan fingerprint density at radius 3 is 2.71 bits per heavy atom. The van der Waals surface area contributed by atoms with E-state index in [1.165, 1.54) is 11.1 Å². The van der Waals surface area contributed by atoms with Crippen molar-refractivity contribution in [2.75, 3.05) is 5.32 Å². The van der Waals surface area contributed by atoms with Crippen molar-refractivity contribution in [3.8, 4) is 5.75 Å². The first-order valence-corrected chi connectivity index (χ1v) is 11.7. The largest absolute Gasteiger partial charge is 0.481 e. The molecule has 0 radical (unpaired) electrons. The molecule has 34 heavy (non-hydrogen) atoms. The fourth-order valence-electron chi connectivity index (χ4n) is 4.82. The van der Waals surface area contributed by atoms with Crippen LogP contribution in [-0.4, -0.2) is 23.0 Å². The summed E-state index contributed by atoms with van der Waals surface area (Å²) < 4.78 is 11.4. The van der Waals surface area contributed by atoms with Gasteiger partial charge in [-0.2, -0.15) is 0 Å². The van der Waals surface area contributed by atoms with Crippen molar-refractivity contribution in [2.24, 2.45) is 0 Å². The van der Waals surface area contributed by atoms with Gasteiger partial charge in [-0.05, 0) is 61.1 Å². The molecule has 2 amide bonds. The number of ether oxygens (including phenoxy) is 2. The van der Waals surface area contributed by atoms with Crippen LogP contribution >= 0.6 is 0 Å². The van der Waals surface area contributed by atoms with E-state index in [1.807, 2.05) is 53.4 Å². The monoisotopic (exact) mass is 456 g/mol. The minimum absolute atomic E-state index is 0.0157. The molecule has 1 aliphatic carbocycles. The number of hydrogen-bond acceptors (Lipinski definition) is 4. The first-order chi connectivity index (χ1) is 16.6. The molecule has 0 spiro atoms. The van der Waals surface area contributed by atoms with E-state index < -0.39 is 12.2 Å². The molecule has 2 unspecified atom stereocenters. The normalized spacial score (nSPS) is 19.3. The molecular weight excluding hydrogens is 428 g/mol. The first kappa shape index (κ1) is 22.0. The fraction of sp³-hybridized carbons (Fsp3) is 0.286. The van der Waals surface area contributed by atoms with Crippen molar-refractivity contribution in [1.29, 1.82) is 0 Å². The zero-order valence-corrected chi connectivity index (χ0v) is 19.2. The molecule has 6 heteroatoms. The van der Waals surface area contributed by atoms with Crippen LogP contribution in [0.5, 0.6) is 5.75 Å². The summed E-state index contributed by atoms with van der Waals surface area (Å²) in [5.41, 5.74) is 4.91. The number of carbonyl (C=O) groups excluding carboxylic acids is 2. The highest BCUT2D eigenvalue weighted by atomic mass is 16.5. The molecule has 1 N–H and O–H groups in total. The van der Waals surface area contributed by atoms with Crippen molar-refractivity contribution >= 4 is 17.7 Å². The molecule has 1 heterocycles. The van der Waals surface area contributed by atoms with E-state index in [0.29, 0.717) is 18.0 Å². The van der Waals surface area contributed by atoms with Gasteiger partial charge in [0, 0.05) is 11.3 Å². The molecule has 2 aliphatic rings. The number of nitrogens with zero attached hydrogens (tertiary/aromatic N) is 1. The molecule has 0 saturated heterocycles. The second kappa shape index (κ2) is 9.59. The van der Waals surface area contributed by atoms with Gasteiger partial charge in [-0.15, -0.1) is 0 Å². The molecule has 1 aliphatic heterocycles. The summed E-state index contributed by atoms with van der Waals surface area (Å²) in [5.74, 6) is 0.644. The topological polar surface area (TPSA) is 67.9 Å². The third-order valence-corrected chi connectivity index (χ3v) is 6.51. The number of fused-ring (bicyclic) bond motifs is 2. The van der Waals surface area contributed by atoms with Crippen LogP contribution in [-0.2, 0) is 29.1 Å². The van der Waals surface area contributed by atoms with E-state index in [2.05, 4.69) is 23.5 Å². The third-order valence-electron chi connectivity index (χ3n) is 6.51. The summed E-state index contributed by atoms with van der Waals surface area (Å²) in [6, 6.07) is 23.4. The third kappa shape index (κ3) is 4.62. The van der Waals surface area contributed by atoms with Gasteiger partial charge < -0.3 is 14.4 Å². The van der Waals surface area contributed by atoms with E-state index in [9.17, 15) is 9.59 Å². The predicted molar refractivity (Wildman–Crippen MR) is 129 cm³/mol. The second-order valence-electron chi connectivity index (χ2n) is 8.84. The van der Waals surface area contributed by atoms with E-state index >= 15 is 0 Å². The molecule has 5 rings (SSSR count).